The maximum absolute atomic E-state index is 5.95. The summed E-state index contributed by atoms with van der Waals surface area (Å²) in [5, 5.41) is 3.47. The van der Waals surface area contributed by atoms with E-state index in [0.29, 0.717) is 6.61 Å². The number of ether oxygens (including phenoxy) is 1. The third-order valence-electron chi connectivity index (χ3n) is 4.89. The Morgan fingerprint density at radius 2 is 1.00 bits per heavy atom. The van der Waals surface area contributed by atoms with Gasteiger partial charge in [-0.25, -0.2) is 0 Å². The summed E-state index contributed by atoms with van der Waals surface area (Å²) < 4.78 is 5.95. The second-order valence-corrected chi connectivity index (χ2v) is 7.08. The van der Waals surface area contributed by atoms with Crippen LogP contribution in [0.4, 0.5) is 0 Å². The van der Waals surface area contributed by atoms with E-state index >= 15 is 0 Å². The standard InChI is InChI=1S/C27H25NO/c1-3-7-22(8-4-1)19-28-20-23-13-17-27(18-14-23)29-21-24-11-15-26(16-12-24)25-9-5-2-6-10-25/h1-18,28H,19-21H2. The van der Waals surface area contributed by atoms with E-state index in [1.165, 1.54) is 27.8 Å². The summed E-state index contributed by atoms with van der Waals surface area (Å²) in [5.74, 6) is 0.893. The van der Waals surface area contributed by atoms with Crippen LogP contribution >= 0.6 is 0 Å². The number of hydrogen-bond donors (Lipinski definition) is 1. The molecule has 2 heteroatoms. The van der Waals surface area contributed by atoms with Gasteiger partial charge in [0.2, 0.25) is 0 Å². The van der Waals surface area contributed by atoms with Crippen molar-refractivity contribution in [3.8, 4) is 16.9 Å². The smallest absolute Gasteiger partial charge is 0.119 e. The summed E-state index contributed by atoms with van der Waals surface area (Å²) in [6.07, 6.45) is 0. The van der Waals surface area contributed by atoms with Gasteiger partial charge < -0.3 is 10.1 Å². The lowest BCUT2D eigenvalue weighted by molar-refractivity contribution is 0.306. The summed E-state index contributed by atoms with van der Waals surface area (Å²) in [7, 11) is 0. The van der Waals surface area contributed by atoms with Crippen LogP contribution in [0.3, 0.4) is 0 Å². The zero-order valence-electron chi connectivity index (χ0n) is 16.4. The van der Waals surface area contributed by atoms with Gasteiger partial charge in [-0.2, -0.15) is 0 Å². The molecule has 0 bridgehead atoms. The van der Waals surface area contributed by atoms with Crippen molar-refractivity contribution in [1.82, 2.24) is 5.32 Å². The van der Waals surface area contributed by atoms with Crippen molar-refractivity contribution in [2.45, 2.75) is 19.7 Å². The Hall–Kier alpha value is -3.36. The first-order valence-corrected chi connectivity index (χ1v) is 9.97. The number of nitrogens with one attached hydrogen (secondary N) is 1. The minimum absolute atomic E-state index is 0.570. The molecule has 0 aliphatic heterocycles. The van der Waals surface area contributed by atoms with Gasteiger partial charge in [0, 0.05) is 13.1 Å². The van der Waals surface area contributed by atoms with Gasteiger partial charge in [0.1, 0.15) is 12.4 Å². The summed E-state index contributed by atoms with van der Waals surface area (Å²) >= 11 is 0. The molecule has 0 saturated heterocycles. The van der Waals surface area contributed by atoms with Gasteiger partial charge in [-0.1, -0.05) is 97.1 Å². The average molecular weight is 380 g/mol. The lowest BCUT2D eigenvalue weighted by atomic mass is 10.0. The van der Waals surface area contributed by atoms with Crippen molar-refractivity contribution in [3.63, 3.8) is 0 Å². The van der Waals surface area contributed by atoms with E-state index < -0.39 is 0 Å². The van der Waals surface area contributed by atoms with E-state index in [9.17, 15) is 0 Å². The van der Waals surface area contributed by atoms with Crippen LogP contribution in [0.15, 0.2) is 109 Å². The van der Waals surface area contributed by atoms with Crippen molar-refractivity contribution < 1.29 is 4.74 Å². The molecule has 0 aliphatic carbocycles. The van der Waals surface area contributed by atoms with Gasteiger partial charge >= 0.3 is 0 Å². The SMILES string of the molecule is c1ccc(CNCc2ccc(OCc3ccc(-c4ccccc4)cc3)cc2)cc1. The summed E-state index contributed by atoms with van der Waals surface area (Å²) in [4.78, 5) is 0. The summed E-state index contributed by atoms with van der Waals surface area (Å²) in [5.41, 5.74) is 6.17. The van der Waals surface area contributed by atoms with Crippen molar-refractivity contribution in [2.24, 2.45) is 0 Å². The predicted octanol–water partition coefficient (Wildman–Crippen LogP) is 6.22. The Morgan fingerprint density at radius 1 is 0.483 bits per heavy atom. The molecule has 0 heterocycles. The second kappa shape index (κ2) is 9.72. The third-order valence-corrected chi connectivity index (χ3v) is 4.89. The van der Waals surface area contributed by atoms with Crippen molar-refractivity contribution in [2.75, 3.05) is 0 Å². The first-order valence-electron chi connectivity index (χ1n) is 9.97. The zero-order chi connectivity index (χ0) is 19.7. The highest BCUT2D eigenvalue weighted by molar-refractivity contribution is 5.63. The molecule has 4 aromatic rings. The zero-order valence-corrected chi connectivity index (χ0v) is 16.4. The highest BCUT2D eigenvalue weighted by Gasteiger charge is 2.00. The first kappa shape index (κ1) is 19.0. The highest BCUT2D eigenvalue weighted by Crippen LogP contribution is 2.20. The second-order valence-electron chi connectivity index (χ2n) is 7.08. The molecule has 4 rings (SSSR count). The third kappa shape index (κ3) is 5.56. The lowest BCUT2D eigenvalue weighted by Gasteiger charge is -2.09. The lowest BCUT2D eigenvalue weighted by Crippen LogP contribution is -2.12. The largest absolute Gasteiger partial charge is 0.489 e. The Kier molecular flexibility index (Phi) is 6.36. The molecule has 0 unspecified atom stereocenters. The van der Waals surface area contributed by atoms with Gasteiger partial charge in [0.05, 0.1) is 0 Å². The molecule has 29 heavy (non-hydrogen) atoms. The molecular weight excluding hydrogens is 354 g/mol. The van der Waals surface area contributed by atoms with E-state index in [1.54, 1.807) is 0 Å². The fraction of sp³-hybridized carbons (Fsp3) is 0.111. The highest BCUT2D eigenvalue weighted by atomic mass is 16.5. The number of rotatable bonds is 8. The molecule has 1 N–H and O–H groups in total. The van der Waals surface area contributed by atoms with Gasteiger partial charge in [-0.05, 0) is 39.9 Å². The number of benzene rings is 4. The normalized spacial score (nSPS) is 10.6. The van der Waals surface area contributed by atoms with Gasteiger partial charge in [0.15, 0.2) is 0 Å². The molecule has 0 saturated carbocycles. The Balaban J connectivity index is 1.26. The molecule has 4 aromatic carbocycles. The Morgan fingerprint density at radius 3 is 1.66 bits per heavy atom. The maximum atomic E-state index is 5.95. The van der Waals surface area contributed by atoms with Gasteiger partial charge in [-0.3, -0.25) is 0 Å². The molecular formula is C27H25NO. The molecule has 144 valence electrons. The van der Waals surface area contributed by atoms with Crippen LogP contribution in [0.5, 0.6) is 5.75 Å². The van der Waals surface area contributed by atoms with Crippen LogP contribution in [0.2, 0.25) is 0 Å². The monoisotopic (exact) mass is 379 g/mol. The summed E-state index contributed by atoms with van der Waals surface area (Å²) in [6.45, 7) is 2.29. The summed E-state index contributed by atoms with van der Waals surface area (Å²) in [6, 6.07) is 37.7. The minimum atomic E-state index is 0.570. The maximum Gasteiger partial charge on any atom is 0.119 e. The minimum Gasteiger partial charge on any atom is -0.489 e. The van der Waals surface area contributed by atoms with Crippen molar-refractivity contribution >= 4 is 0 Å². The fourth-order valence-electron chi connectivity index (χ4n) is 3.24. The van der Waals surface area contributed by atoms with Crippen molar-refractivity contribution in [3.05, 3.63) is 126 Å². The molecule has 0 aliphatic rings. The van der Waals surface area contributed by atoms with Crippen LogP contribution < -0.4 is 10.1 Å². The average Bonchev–Trinajstić information content (AvgIpc) is 2.80. The van der Waals surface area contributed by atoms with E-state index in [-0.39, 0.29) is 0 Å². The van der Waals surface area contributed by atoms with E-state index in [4.69, 9.17) is 4.74 Å². The van der Waals surface area contributed by atoms with Crippen LogP contribution in [0.25, 0.3) is 11.1 Å². The van der Waals surface area contributed by atoms with Crippen LogP contribution in [0, 0.1) is 0 Å². The van der Waals surface area contributed by atoms with E-state index in [2.05, 4.69) is 90.2 Å². The molecule has 0 amide bonds. The Bertz CT molecular complexity index is 994. The van der Waals surface area contributed by atoms with Crippen LogP contribution in [0.1, 0.15) is 16.7 Å². The topological polar surface area (TPSA) is 21.3 Å². The van der Waals surface area contributed by atoms with E-state index in [0.717, 1.165) is 18.8 Å². The molecule has 0 spiro atoms. The number of hydrogen-bond acceptors (Lipinski definition) is 2. The Labute approximate surface area is 172 Å². The van der Waals surface area contributed by atoms with Gasteiger partial charge in [0.25, 0.3) is 0 Å². The fourth-order valence-corrected chi connectivity index (χ4v) is 3.24. The predicted molar refractivity (Wildman–Crippen MR) is 120 cm³/mol. The quantitative estimate of drug-likeness (QED) is 0.392. The van der Waals surface area contributed by atoms with Crippen LogP contribution in [-0.2, 0) is 19.7 Å². The molecule has 0 radical (unpaired) electrons. The van der Waals surface area contributed by atoms with E-state index in [1.807, 2.05) is 24.3 Å². The van der Waals surface area contributed by atoms with Crippen molar-refractivity contribution in [1.29, 1.82) is 0 Å². The molecule has 0 atom stereocenters. The molecule has 0 fully saturated rings. The first-order chi connectivity index (χ1) is 14.4. The molecule has 0 aromatic heterocycles. The molecule has 2 nitrogen and oxygen atoms in total. The van der Waals surface area contributed by atoms with Crippen LogP contribution in [-0.4, -0.2) is 0 Å². The van der Waals surface area contributed by atoms with Gasteiger partial charge in [-0.15, -0.1) is 0 Å².